The predicted molar refractivity (Wildman–Crippen MR) is 252 cm³/mol. The number of hydrogen-bond acceptors (Lipinski definition) is 5. The van der Waals surface area contributed by atoms with Crippen LogP contribution in [0.2, 0.25) is 0 Å². The Morgan fingerprint density at radius 3 is 1.12 bits per heavy atom. The Morgan fingerprint density at radius 1 is 0.283 bits per heavy atom. The van der Waals surface area contributed by atoms with E-state index in [0.29, 0.717) is 0 Å². The standard InChI is InChI=1S/C53H35N5.2Ga/c1-7-21-42(22-8-1)55(43-23-9-2-10-24-43)48-33-19-35-50(39-48)57(46-29-15-5-16-30-46)52-37-38-53(54-41-52)58(47-31-17-6-18-32-47)51-36-20-34-49(40-51)56(44-25-11-3-12-26-44)45-27-13-4-14-28-45;;/h1-23,25-27,29-37H;;. The number of hydrogen-bond donors (Lipinski definition) is 0. The van der Waals surface area contributed by atoms with Crippen molar-refractivity contribution in [3.05, 3.63) is 212 Å². The third-order valence-electron chi connectivity index (χ3n) is 12.8. The number of pyridine rings is 1. The number of rotatable bonds is 4. The Balaban J connectivity index is 1.14. The molecule has 0 atom stereocenters. The van der Waals surface area contributed by atoms with Gasteiger partial charge in [-0.1, -0.05) is 0 Å². The first kappa shape index (κ1) is 34.3. The van der Waals surface area contributed by atoms with E-state index in [1.165, 1.54) is 76.0 Å². The SMILES string of the molecule is c1ccc(N2c3cccc[c]3[Ga]3[c]4cc5[c](nc4N(c4ccccc4)c4cccc2[c]43)[Ga]2[c]3ccccc3N(c3ccccc3)c3cccc([c]32)N5c2ccccc2)cc1. The molecule has 9 aromatic rings. The Labute approximate surface area is 360 Å². The Kier molecular flexibility index (Phi) is 7.68. The van der Waals surface area contributed by atoms with Crippen LogP contribution in [0, 0.1) is 0 Å². The van der Waals surface area contributed by atoms with Gasteiger partial charge in [-0.25, -0.2) is 0 Å². The summed E-state index contributed by atoms with van der Waals surface area (Å²) in [6, 6.07) is 78.6. The fraction of sp³-hybridized carbons (Fsp3) is 0. The van der Waals surface area contributed by atoms with Gasteiger partial charge in [0, 0.05) is 0 Å². The molecule has 5 nitrogen and oxygen atoms in total. The third-order valence-corrected chi connectivity index (χ3v) is 26.6. The summed E-state index contributed by atoms with van der Waals surface area (Å²) in [6.07, 6.45) is 0. The van der Waals surface area contributed by atoms with Gasteiger partial charge in [0.1, 0.15) is 0 Å². The number of aromatic nitrogens is 1. The van der Waals surface area contributed by atoms with Crippen molar-refractivity contribution in [2.45, 2.75) is 0 Å². The van der Waals surface area contributed by atoms with Crippen molar-refractivity contribution in [2.75, 3.05) is 19.6 Å². The van der Waals surface area contributed by atoms with E-state index in [1.54, 1.807) is 0 Å². The molecule has 0 saturated heterocycles. The van der Waals surface area contributed by atoms with Crippen LogP contribution in [0.4, 0.5) is 68.4 Å². The van der Waals surface area contributed by atoms with E-state index >= 15 is 0 Å². The molecule has 0 saturated carbocycles. The predicted octanol–water partition coefficient (Wildman–Crippen LogP) is 9.25. The quantitative estimate of drug-likeness (QED) is 0.165. The summed E-state index contributed by atoms with van der Waals surface area (Å²) in [4.78, 5) is 16.2. The molecule has 4 aliphatic heterocycles. The molecule has 0 N–H and O–H groups in total. The molecular weight excluding hydrogens is 846 g/mol. The van der Waals surface area contributed by atoms with E-state index in [1.807, 2.05) is 0 Å². The van der Waals surface area contributed by atoms with Crippen LogP contribution in [0.5, 0.6) is 0 Å². The monoisotopic (exact) mass is 879 g/mol. The van der Waals surface area contributed by atoms with Crippen molar-refractivity contribution in [1.29, 1.82) is 0 Å². The van der Waals surface area contributed by atoms with E-state index in [0.717, 1.165) is 17.2 Å². The number of benzene rings is 8. The van der Waals surface area contributed by atoms with Crippen LogP contribution in [0.3, 0.4) is 0 Å². The van der Waals surface area contributed by atoms with Gasteiger partial charge in [0.25, 0.3) is 0 Å². The van der Waals surface area contributed by atoms with Crippen molar-refractivity contribution in [3.63, 3.8) is 0 Å². The molecule has 0 radical (unpaired) electrons. The van der Waals surface area contributed by atoms with Crippen LogP contribution >= 0.6 is 0 Å². The second kappa shape index (κ2) is 13.5. The van der Waals surface area contributed by atoms with Crippen molar-refractivity contribution in [3.8, 4) is 0 Å². The van der Waals surface area contributed by atoms with Gasteiger partial charge in [0.05, 0.1) is 0 Å². The molecule has 278 valence electrons. The van der Waals surface area contributed by atoms with Gasteiger partial charge in [-0.05, 0) is 0 Å². The van der Waals surface area contributed by atoms with Crippen LogP contribution in [0.15, 0.2) is 212 Å². The van der Waals surface area contributed by atoms with Crippen LogP contribution in [0.25, 0.3) is 0 Å². The first-order valence-corrected chi connectivity index (χ1v) is 28.0. The summed E-state index contributed by atoms with van der Waals surface area (Å²) < 4.78 is 8.54. The van der Waals surface area contributed by atoms with Crippen LogP contribution < -0.4 is 44.4 Å². The van der Waals surface area contributed by atoms with Gasteiger partial charge < -0.3 is 0 Å². The van der Waals surface area contributed by atoms with Crippen molar-refractivity contribution in [2.24, 2.45) is 0 Å². The molecular formula is C53H35Ga2N5. The minimum absolute atomic E-state index is 1.10. The summed E-state index contributed by atoms with van der Waals surface area (Å²) in [5.74, 6) is 1.10. The zero-order chi connectivity index (χ0) is 39.3. The second-order valence-corrected chi connectivity index (χ2v) is 27.0. The molecule has 13 rings (SSSR count). The Hall–Kier alpha value is -6.62. The summed E-state index contributed by atoms with van der Waals surface area (Å²) in [5.41, 5.74) is 13.5. The topological polar surface area (TPSA) is 25.9 Å². The number of nitrogens with zero attached hydrogens (tertiary/aromatic N) is 5. The summed E-state index contributed by atoms with van der Waals surface area (Å²) in [6.45, 7) is 0. The molecule has 0 unspecified atom stereocenters. The normalized spacial score (nSPS) is 13.8. The molecule has 0 amide bonds. The number of fused-ring (bicyclic) bond motifs is 8. The molecule has 4 aliphatic rings. The second-order valence-electron chi connectivity index (χ2n) is 15.9. The molecule has 0 fully saturated rings. The van der Waals surface area contributed by atoms with Crippen molar-refractivity contribution in [1.82, 2.24) is 4.98 Å². The molecule has 7 heteroatoms. The maximum absolute atomic E-state index is 6.19. The zero-order valence-corrected chi connectivity index (χ0v) is 37.4. The van der Waals surface area contributed by atoms with Crippen LogP contribution in [0.1, 0.15) is 0 Å². The van der Waals surface area contributed by atoms with Gasteiger partial charge >= 0.3 is 363 Å². The molecule has 60 heavy (non-hydrogen) atoms. The van der Waals surface area contributed by atoms with E-state index in [9.17, 15) is 0 Å². The Morgan fingerprint density at radius 2 is 0.633 bits per heavy atom. The zero-order valence-electron chi connectivity index (χ0n) is 32.6. The minimum atomic E-state index is -2.92. The van der Waals surface area contributed by atoms with E-state index < -0.39 is 32.4 Å². The summed E-state index contributed by atoms with van der Waals surface area (Å²) in [7, 11) is 0. The summed E-state index contributed by atoms with van der Waals surface area (Å²) >= 11 is -5.79. The van der Waals surface area contributed by atoms with Crippen LogP contribution in [-0.4, -0.2) is 37.4 Å². The molecule has 8 aromatic carbocycles. The van der Waals surface area contributed by atoms with Gasteiger partial charge in [-0.3, -0.25) is 0 Å². The van der Waals surface area contributed by atoms with Crippen LogP contribution in [-0.2, 0) is 0 Å². The molecule has 0 spiro atoms. The third kappa shape index (κ3) is 4.89. The van der Waals surface area contributed by atoms with Gasteiger partial charge in [0.2, 0.25) is 0 Å². The molecule has 1 aromatic heterocycles. The molecule has 5 heterocycles. The first-order valence-electron chi connectivity index (χ1n) is 20.7. The van der Waals surface area contributed by atoms with E-state index in [2.05, 4.69) is 232 Å². The fourth-order valence-electron chi connectivity index (χ4n) is 10.5. The van der Waals surface area contributed by atoms with Crippen molar-refractivity contribution >= 4 is 126 Å². The first-order chi connectivity index (χ1) is 29.8. The average Bonchev–Trinajstić information content (AvgIpc) is 3.32. The fourth-order valence-corrected chi connectivity index (χ4v) is 25.4. The van der Waals surface area contributed by atoms with E-state index in [4.69, 9.17) is 4.98 Å². The number of anilines is 12. The van der Waals surface area contributed by atoms with Gasteiger partial charge in [-0.2, -0.15) is 0 Å². The van der Waals surface area contributed by atoms with Gasteiger partial charge in [0.15, 0.2) is 0 Å². The van der Waals surface area contributed by atoms with E-state index in [-0.39, 0.29) is 0 Å². The molecule has 0 aliphatic carbocycles. The maximum atomic E-state index is 6.19. The van der Waals surface area contributed by atoms with Gasteiger partial charge in [-0.15, -0.1) is 0 Å². The molecule has 0 bridgehead atoms. The van der Waals surface area contributed by atoms with Crippen molar-refractivity contribution < 1.29 is 0 Å². The number of para-hydroxylation sites is 6. The summed E-state index contributed by atoms with van der Waals surface area (Å²) in [5, 5.41) is 0. The Bertz CT molecular complexity index is 2930. The average molecular weight is 881 g/mol.